The highest BCUT2D eigenvalue weighted by atomic mass is 19.1. The van der Waals surface area contributed by atoms with Crippen LogP contribution in [0.1, 0.15) is 20.3 Å². The fraction of sp³-hybridized carbons (Fsp3) is 0.556. The summed E-state index contributed by atoms with van der Waals surface area (Å²) >= 11 is 0. The van der Waals surface area contributed by atoms with Crippen LogP contribution in [0.4, 0.5) is 4.39 Å². The summed E-state index contributed by atoms with van der Waals surface area (Å²) in [4.78, 5) is 27.1. The Bertz CT molecular complexity index is 774. The summed E-state index contributed by atoms with van der Waals surface area (Å²) in [5, 5.41) is 9.34. The van der Waals surface area contributed by atoms with E-state index in [1.165, 1.54) is 11.0 Å². The van der Waals surface area contributed by atoms with E-state index in [1.54, 1.807) is 0 Å². The molecule has 0 bridgehead atoms. The lowest BCUT2D eigenvalue weighted by molar-refractivity contribution is -0.139. The van der Waals surface area contributed by atoms with Gasteiger partial charge in [-0.05, 0) is 19.3 Å². The number of amides is 1. The third-order valence-electron chi connectivity index (χ3n) is 5.75. The maximum Gasteiger partial charge on any atom is 0.341 e. The van der Waals surface area contributed by atoms with Gasteiger partial charge in [0, 0.05) is 30.7 Å². The van der Waals surface area contributed by atoms with Gasteiger partial charge < -0.3 is 25.4 Å². The summed E-state index contributed by atoms with van der Waals surface area (Å²) in [6.07, 6.45) is 3.37. The smallest absolute Gasteiger partial charge is 0.341 e. The molecule has 4 aliphatic heterocycles. The molecule has 0 aromatic heterocycles. The minimum Gasteiger partial charge on any atom is -0.493 e. The number of halogens is 1. The zero-order valence-corrected chi connectivity index (χ0v) is 14.7. The lowest BCUT2D eigenvalue weighted by Gasteiger charge is -2.47. The van der Waals surface area contributed by atoms with Gasteiger partial charge in [0.25, 0.3) is 5.91 Å². The minimum absolute atomic E-state index is 0.00256. The van der Waals surface area contributed by atoms with Crippen LogP contribution in [0.5, 0.6) is 0 Å². The summed E-state index contributed by atoms with van der Waals surface area (Å²) in [5.74, 6) is -2.43. The van der Waals surface area contributed by atoms with Gasteiger partial charge in [-0.25, -0.2) is 9.18 Å². The normalized spacial score (nSPS) is 36.5. The number of carbonyl (C=O) groups is 2. The van der Waals surface area contributed by atoms with Crippen LogP contribution in [0.15, 0.2) is 35.1 Å². The van der Waals surface area contributed by atoms with Crippen molar-refractivity contribution in [3.8, 4) is 0 Å². The average Bonchev–Trinajstić information content (AvgIpc) is 2.90. The topological polar surface area (TPSA) is 96.1 Å². The van der Waals surface area contributed by atoms with E-state index in [0.717, 1.165) is 12.6 Å². The zero-order chi connectivity index (χ0) is 18.7. The molecular weight excluding hydrogens is 341 g/mol. The second-order valence-electron chi connectivity index (χ2n) is 7.60. The van der Waals surface area contributed by atoms with Crippen molar-refractivity contribution in [1.82, 2.24) is 9.80 Å². The van der Waals surface area contributed by atoms with Crippen molar-refractivity contribution < 1.29 is 23.8 Å². The van der Waals surface area contributed by atoms with Crippen LogP contribution in [0.2, 0.25) is 0 Å². The fourth-order valence-corrected chi connectivity index (χ4v) is 4.47. The van der Waals surface area contributed by atoms with E-state index in [9.17, 15) is 14.7 Å². The van der Waals surface area contributed by atoms with Crippen LogP contribution in [0.3, 0.4) is 0 Å². The Morgan fingerprint density at radius 1 is 1.42 bits per heavy atom. The first kappa shape index (κ1) is 17.1. The Hall–Kier alpha value is -2.35. The Balaban J connectivity index is 1.84. The van der Waals surface area contributed by atoms with Crippen molar-refractivity contribution in [2.45, 2.75) is 38.4 Å². The van der Waals surface area contributed by atoms with Gasteiger partial charge in [-0.3, -0.25) is 4.79 Å². The second-order valence-corrected chi connectivity index (χ2v) is 7.60. The summed E-state index contributed by atoms with van der Waals surface area (Å²) in [5.41, 5.74) is 6.07. The number of carbonyl (C=O) groups excluding carboxylic acids is 1. The van der Waals surface area contributed by atoms with Crippen molar-refractivity contribution in [3.05, 3.63) is 35.1 Å². The number of ether oxygens (including phenoxy) is 1. The SMILES string of the molecule is C[C@H]1COC2=C(N3C[C@@H](N)C[C@@H]3C)C(F)=CN3C(=O)C(C(=O)O)=CC1C23. The first-order valence-electron chi connectivity index (χ1n) is 8.84. The van der Waals surface area contributed by atoms with E-state index in [2.05, 4.69) is 0 Å². The van der Waals surface area contributed by atoms with Gasteiger partial charge in [-0.2, -0.15) is 0 Å². The third kappa shape index (κ3) is 2.35. The first-order valence-corrected chi connectivity index (χ1v) is 8.84. The average molecular weight is 363 g/mol. The summed E-state index contributed by atoms with van der Waals surface area (Å²) in [6.45, 7) is 4.78. The van der Waals surface area contributed by atoms with Gasteiger partial charge in [0.1, 0.15) is 23.1 Å². The zero-order valence-electron chi connectivity index (χ0n) is 14.7. The van der Waals surface area contributed by atoms with Crippen LogP contribution in [-0.4, -0.2) is 58.1 Å². The molecule has 4 aliphatic rings. The quantitative estimate of drug-likeness (QED) is 0.709. The summed E-state index contributed by atoms with van der Waals surface area (Å²) in [6, 6.07) is -0.509. The van der Waals surface area contributed by atoms with Gasteiger partial charge in [0.15, 0.2) is 5.83 Å². The number of carboxylic acids is 1. The maximum absolute atomic E-state index is 15.0. The standard InChI is InChI=1S/C18H22FN3O4/c1-8-7-26-16-14-11(8)4-12(18(24)25)17(23)22(14)6-13(19)15(16)21-5-10(20)3-9(21)2/h4,6,8-11,14H,3,5,7,20H2,1-2H3,(H,24,25)/t8-,9-,10-,11?,14?/m0/s1. The number of nitrogens with zero attached hydrogens (tertiary/aromatic N) is 2. The number of allylic oxidation sites excluding steroid dienone is 1. The van der Waals surface area contributed by atoms with E-state index in [0.29, 0.717) is 24.6 Å². The largest absolute Gasteiger partial charge is 0.493 e. The highest BCUT2D eigenvalue weighted by Crippen LogP contribution is 2.45. The van der Waals surface area contributed by atoms with Crippen LogP contribution < -0.4 is 5.73 Å². The molecule has 2 fully saturated rings. The molecule has 0 saturated carbocycles. The highest BCUT2D eigenvalue weighted by Gasteiger charge is 2.50. The number of hydrogen-bond acceptors (Lipinski definition) is 5. The molecule has 0 radical (unpaired) electrons. The van der Waals surface area contributed by atoms with Crippen molar-refractivity contribution in [3.63, 3.8) is 0 Å². The molecule has 140 valence electrons. The molecule has 8 heteroatoms. The minimum atomic E-state index is -1.29. The van der Waals surface area contributed by atoms with E-state index in [1.807, 2.05) is 18.7 Å². The third-order valence-corrected chi connectivity index (χ3v) is 5.75. The number of aliphatic carboxylic acids is 1. The van der Waals surface area contributed by atoms with Gasteiger partial charge in [0.2, 0.25) is 0 Å². The number of hydrogen-bond donors (Lipinski definition) is 2. The highest BCUT2D eigenvalue weighted by molar-refractivity contribution is 6.16. The number of carboxylic acid groups (broad SMARTS) is 1. The molecular formula is C18H22FN3O4. The molecule has 4 rings (SSSR count). The van der Waals surface area contributed by atoms with Gasteiger partial charge in [-0.15, -0.1) is 0 Å². The summed E-state index contributed by atoms with van der Waals surface area (Å²) in [7, 11) is 0. The van der Waals surface area contributed by atoms with E-state index in [4.69, 9.17) is 10.5 Å². The van der Waals surface area contributed by atoms with E-state index < -0.39 is 23.7 Å². The Kier molecular flexibility index (Phi) is 3.83. The molecule has 0 spiro atoms. The Morgan fingerprint density at radius 3 is 2.77 bits per heavy atom. The molecule has 26 heavy (non-hydrogen) atoms. The molecule has 1 amide bonds. The molecule has 4 heterocycles. The van der Waals surface area contributed by atoms with E-state index >= 15 is 4.39 Å². The lowest BCUT2D eigenvalue weighted by atomic mass is 9.78. The van der Waals surface area contributed by atoms with Crippen LogP contribution >= 0.6 is 0 Å². The lowest BCUT2D eigenvalue weighted by Crippen LogP contribution is -2.55. The van der Waals surface area contributed by atoms with Crippen LogP contribution in [0, 0.1) is 11.8 Å². The molecule has 3 N–H and O–H groups in total. The summed E-state index contributed by atoms with van der Waals surface area (Å²) < 4.78 is 20.9. The van der Waals surface area contributed by atoms with Crippen molar-refractivity contribution in [2.75, 3.05) is 13.2 Å². The number of nitrogens with two attached hydrogens (primary N) is 1. The van der Waals surface area contributed by atoms with Gasteiger partial charge in [-0.1, -0.05) is 13.0 Å². The molecule has 5 atom stereocenters. The predicted octanol–water partition coefficient (Wildman–Crippen LogP) is 0.948. The molecule has 2 unspecified atom stereocenters. The number of likely N-dealkylation sites (tertiary alicyclic amines) is 1. The van der Waals surface area contributed by atoms with Gasteiger partial charge in [0.05, 0.1) is 6.61 Å². The monoisotopic (exact) mass is 363 g/mol. The van der Waals surface area contributed by atoms with Gasteiger partial charge >= 0.3 is 5.97 Å². The molecule has 0 aromatic rings. The predicted molar refractivity (Wildman–Crippen MR) is 89.9 cm³/mol. The maximum atomic E-state index is 15.0. The second kappa shape index (κ2) is 5.84. The Morgan fingerprint density at radius 2 is 2.15 bits per heavy atom. The molecule has 0 aromatic carbocycles. The Labute approximate surface area is 150 Å². The molecule has 2 saturated heterocycles. The van der Waals surface area contributed by atoms with Crippen LogP contribution in [0.25, 0.3) is 0 Å². The fourth-order valence-electron chi connectivity index (χ4n) is 4.47. The van der Waals surface area contributed by atoms with Crippen LogP contribution in [-0.2, 0) is 14.3 Å². The van der Waals surface area contributed by atoms with Crippen molar-refractivity contribution in [1.29, 1.82) is 0 Å². The first-order chi connectivity index (χ1) is 12.3. The molecule has 0 aliphatic carbocycles. The number of rotatable bonds is 2. The van der Waals surface area contributed by atoms with E-state index in [-0.39, 0.29) is 29.5 Å². The van der Waals surface area contributed by atoms with Crippen molar-refractivity contribution >= 4 is 11.9 Å². The van der Waals surface area contributed by atoms with Crippen molar-refractivity contribution in [2.24, 2.45) is 17.6 Å². The molecule has 7 nitrogen and oxygen atoms in total.